The third-order valence-corrected chi connectivity index (χ3v) is 4.34. The number of sulfone groups is 1. The van der Waals surface area contributed by atoms with E-state index in [1.807, 2.05) is 6.07 Å². The molecule has 1 unspecified atom stereocenters. The van der Waals surface area contributed by atoms with Gasteiger partial charge in [-0.3, -0.25) is 0 Å². The van der Waals surface area contributed by atoms with Gasteiger partial charge in [-0.05, 0) is 37.3 Å². The molecule has 0 aliphatic rings. The van der Waals surface area contributed by atoms with Crippen molar-refractivity contribution in [3.05, 3.63) is 35.9 Å². The van der Waals surface area contributed by atoms with Crippen molar-refractivity contribution >= 4 is 9.84 Å². The Morgan fingerprint density at radius 1 is 1.15 bits per heavy atom. The quantitative estimate of drug-likeness (QED) is 0.762. The van der Waals surface area contributed by atoms with Crippen LogP contribution in [0.5, 0.6) is 0 Å². The van der Waals surface area contributed by atoms with Crippen LogP contribution in [0, 0.1) is 5.92 Å². The Hall–Kier alpha value is -0.870. The van der Waals surface area contributed by atoms with E-state index in [2.05, 4.69) is 43.4 Å². The fourth-order valence-corrected chi connectivity index (χ4v) is 2.95. The Morgan fingerprint density at radius 2 is 1.80 bits per heavy atom. The van der Waals surface area contributed by atoms with Gasteiger partial charge in [-0.15, -0.1) is 0 Å². The van der Waals surface area contributed by atoms with Crippen molar-refractivity contribution in [1.29, 1.82) is 0 Å². The molecule has 1 N–H and O–H groups in total. The van der Waals surface area contributed by atoms with E-state index in [0.717, 1.165) is 25.8 Å². The first kappa shape index (κ1) is 17.2. The molecular formula is C16H27NO2S. The van der Waals surface area contributed by atoms with Crippen LogP contribution in [0.4, 0.5) is 0 Å². The van der Waals surface area contributed by atoms with Crippen LogP contribution in [0.25, 0.3) is 0 Å². The number of hydrogen-bond acceptors (Lipinski definition) is 3. The Labute approximate surface area is 123 Å². The molecule has 0 bridgehead atoms. The molecule has 0 aliphatic carbocycles. The molecule has 0 fully saturated rings. The fourth-order valence-electron chi connectivity index (χ4n) is 2.26. The Morgan fingerprint density at radius 3 is 2.35 bits per heavy atom. The lowest BCUT2D eigenvalue weighted by atomic mass is 9.95. The highest BCUT2D eigenvalue weighted by atomic mass is 32.2. The lowest BCUT2D eigenvalue weighted by molar-refractivity contribution is 0.418. The van der Waals surface area contributed by atoms with E-state index < -0.39 is 9.84 Å². The Kier molecular flexibility index (Phi) is 7.24. The Bertz CT molecular complexity index is 469. The van der Waals surface area contributed by atoms with Crippen LogP contribution in [0.1, 0.15) is 32.3 Å². The molecule has 1 rings (SSSR count). The van der Waals surface area contributed by atoms with Crippen molar-refractivity contribution in [2.45, 2.75) is 39.2 Å². The number of rotatable bonds is 9. The van der Waals surface area contributed by atoms with Crippen LogP contribution in [0.3, 0.4) is 0 Å². The summed E-state index contributed by atoms with van der Waals surface area (Å²) < 4.78 is 22.4. The van der Waals surface area contributed by atoms with Crippen LogP contribution >= 0.6 is 0 Å². The molecule has 0 radical (unpaired) electrons. The third kappa shape index (κ3) is 8.33. The summed E-state index contributed by atoms with van der Waals surface area (Å²) in [6.45, 7) is 5.21. The van der Waals surface area contributed by atoms with Crippen molar-refractivity contribution in [3.8, 4) is 0 Å². The molecule has 0 aromatic heterocycles. The minimum atomic E-state index is -2.84. The van der Waals surface area contributed by atoms with Gasteiger partial charge < -0.3 is 5.32 Å². The van der Waals surface area contributed by atoms with Gasteiger partial charge in [0, 0.05) is 18.1 Å². The zero-order valence-corrected chi connectivity index (χ0v) is 13.6. The topological polar surface area (TPSA) is 46.2 Å². The molecule has 0 saturated heterocycles. The first-order chi connectivity index (χ1) is 9.37. The highest BCUT2D eigenvalue weighted by Crippen LogP contribution is 2.14. The van der Waals surface area contributed by atoms with Crippen molar-refractivity contribution in [2.75, 3.05) is 18.6 Å². The van der Waals surface area contributed by atoms with Crippen LogP contribution in [0.15, 0.2) is 30.3 Å². The van der Waals surface area contributed by atoms with Gasteiger partial charge in [-0.25, -0.2) is 8.42 Å². The normalized spacial score (nSPS) is 13.6. The number of nitrogens with one attached hydrogen (secondary N) is 1. The molecule has 1 aromatic rings. The average molecular weight is 297 g/mol. The highest BCUT2D eigenvalue weighted by molar-refractivity contribution is 7.90. The summed E-state index contributed by atoms with van der Waals surface area (Å²) >= 11 is 0. The van der Waals surface area contributed by atoms with E-state index in [1.54, 1.807) is 0 Å². The van der Waals surface area contributed by atoms with E-state index in [0.29, 0.717) is 17.7 Å². The molecule has 1 atom stereocenters. The summed E-state index contributed by atoms with van der Waals surface area (Å²) in [5.41, 5.74) is 1.32. The lowest BCUT2D eigenvalue weighted by Gasteiger charge is -2.19. The van der Waals surface area contributed by atoms with Crippen LogP contribution in [0.2, 0.25) is 0 Å². The van der Waals surface area contributed by atoms with Crippen LogP contribution < -0.4 is 5.32 Å². The van der Waals surface area contributed by atoms with E-state index in [1.165, 1.54) is 11.8 Å². The largest absolute Gasteiger partial charge is 0.314 e. The van der Waals surface area contributed by atoms with Gasteiger partial charge >= 0.3 is 0 Å². The summed E-state index contributed by atoms with van der Waals surface area (Å²) in [6, 6.07) is 10.9. The van der Waals surface area contributed by atoms with E-state index in [9.17, 15) is 8.42 Å². The minimum absolute atomic E-state index is 0.292. The predicted molar refractivity (Wildman–Crippen MR) is 85.7 cm³/mol. The van der Waals surface area contributed by atoms with Crippen molar-refractivity contribution in [3.63, 3.8) is 0 Å². The van der Waals surface area contributed by atoms with E-state index in [4.69, 9.17) is 0 Å². The zero-order valence-electron chi connectivity index (χ0n) is 12.8. The molecule has 3 nitrogen and oxygen atoms in total. The van der Waals surface area contributed by atoms with Gasteiger partial charge in [0.1, 0.15) is 9.84 Å². The maximum absolute atomic E-state index is 11.2. The summed E-state index contributed by atoms with van der Waals surface area (Å²) in [6.07, 6.45) is 4.01. The second-order valence-electron chi connectivity index (χ2n) is 5.89. The fraction of sp³-hybridized carbons (Fsp3) is 0.625. The second kappa shape index (κ2) is 8.42. The standard InChI is InChI=1S/C16H27NO2S/c1-14(2)17-13-16(10-7-11-20(3,18)19)12-15-8-5-4-6-9-15/h4-6,8-9,14,16-17H,7,10-13H2,1-3H3. The summed E-state index contributed by atoms with van der Waals surface area (Å²) in [7, 11) is -2.84. The number of benzene rings is 1. The molecule has 20 heavy (non-hydrogen) atoms. The first-order valence-corrected chi connectivity index (χ1v) is 9.38. The molecule has 0 aliphatic heterocycles. The van der Waals surface area contributed by atoms with Gasteiger partial charge in [0.05, 0.1) is 0 Å². The predicted octanol–water partition coefficient (Wildman–Crippen LogP) is 2.67. The lowest BCUT2D eigenvalue weighted by Crippen LogP contribution is -2.30. The van der Waals surface area contributed by atoms with Gasteiger partial charge in [0.25, 0.3) is 0 Å². The minimum Gasteiger partial charge on any atom is -0.314 e. The summed E-state index contributed by atoms with van der Waals surface area (Å²) in [5, 5.41) is 3.46. The number of hydrogen-bond donors (Lipinski definition) is 1. The first-order valence-electron chi connectivity index (χ1n) is 7.32. The zero-order chi connectivity index (χ0) is 15.0. The van der Waals surface area contributed by atoms with Gasteiger partial charge in [0.2, 0.25) is 0 Å². The van der Waals surface area contributed by atoms with Crippen LogP contribution in [-0.2, 0) is 16.3 Å². The molecule has 0 spiro atoms. The molecule has 4 heteroatoms. The molecule has 0 amide bonds. The maximum atomic E-state index is 11.2. The second-order valence-corrected chi connectivity index (χ2v) is 8.15. The van der Waals surface area contributed by atoms with Crippen LogP contribution in [-0.4, -0.2) is 33.0 Å². The maximum Gasteiger partial charge on any atom is 0.147 e. The monoisotopic (exact) mass is 297 g/mol. The van der Waals surface area contributed by atoms with Crippen molar-refractivity contribution < 1.29 is 8.42 Å². The summed E-state index contributed by atoms with van der Waals surface area (Å²) in [4.78, 5) is 0. The SMILES string of the molecule is CC(C)NCC(CCCS(C)(=O)=O)Cc1ccccc1. The van der Waals surface area contributed by atoms with E-state index >= 15 is 0 Å². The summed E-state index contributed by atoms with van der Waals surface area (Å²) in [5.74, 6) is 0.779. The molecule has 0 heterocycles. The average Bonchev–Trinajstić information content (AvgIpc) is 2.35. The molecule has 0 saturated carbocycles. The van der Waals surface area contributed by atoms with Crippen molar-refractivity contribution in [2.24, 2.45) is 5.92 Å². The molecule has 114 valence electrons. The van der Waals surface area contributed by atoms with Gasteiger partial charge in [0.15, 0.2) is 0 Å². The van der Waals surface area contributed by atoms with Crippen molar-refractivity contribution in [1.82, 2.24) is 5.32 Å². The molecular weight excluding hydrogens is 270 g/mol. The highest BCUT2D eigenvalue weighted by Gasteiger charge is 2.12. The third-order valence-electron chi connectivity index (χ3n) is 3.31. The molecule has 1 aromatic carbocycles. The van der Waals surface area contributed by atoms with Gasteiger partial charge in [-0.2, -0.15) is 0 Å². The van der Waals surface area contributed by atoms with E-state index in [-0.39, 0.29) is 0 Å². The smallest absolute Gasteiger partial charge is 0.147 e. The Balaban J connectivity index is 2.51. The van der Waals surface area contributed by atoms with Gasteiger partial charge in [-0.1, -0.05) is 44.2 Å².